The first kappa shape index (κ1) is 41.4. The van der Waals surface area contributed by atoms with Crippen molar-refractivity contribution < 1.29 is 0 Å². The summed E-state index contributed by atoms with van der Waals surface area (Å²) in [6, 6.07) is 92.8. The third-order valence-corrected chi connectivity index (χ3v) is 21.2. The summed E-state index contributed by atoms with van der Waals surface area (Å²) >= 11 is 0. The molecule has 0 fully saturated rings. The van der Waals surface area contributed by atoms with Crippen LogP contribution in [-0.2, 0) is 5.41 Å². The molecule has 0 saturated carbocycles. The van der Waals surface area contributed by atoms with Crippen LogP contribution in [0.5, 0.6) is 0 Å². The molecule has 0 radical (unpaired) electrons. The molecule has 2 nitrogen and oxygen atoms in total. The van der Waals surface area contributed by atoms with Gasteiger partial charge in [-0.1, -0.05) is 227 Å². The molecule has 12 aromatic carbocycles. The standard InChI is InChI=1S/C68H49BN2Si/c1-68(2,3)48-21-17-22-49(43-48)70-58-29-14-13-27-56(58)69-57-28-18-32-63-67(57)71(59-30-15-16-31-62(59)72(63,50-23-9-5-10-24-50)51-25-11-6-12-26-51)61-42-47(41-60(70)66(61)69)53-38-34-46-35-39-54-52(44-19-7-4-8-20-44)37-33-45-36-40-55(53)65(46)64(45)54/h4-43H,1-3H3. The van der Waals surface area contributed by atoms with Crippen LogP contribution >= 0.6 is 0 Å². The molecule has 3 aliphatic heterocycles. The summed E-state index contributed by atoms with van der Waals surface area (Å²) in [7, 11) is -2.91. The third kappa shape index (κ3) is 5.67. The molecule has 4 heteroatoms. The van der Waals surface area contributed by atoms with Gasteiger partial charge in [-0.05, 0) is 139 Å². The van der Waals surface area contributed by atoms with E-state index in [-0.39, 0.29) is 12.1 Å². The van der Waals surface area contributed by atoms with Gasteiger partial charge >= 0.3 is 0 Å². The van der Waals surface area contributed by atoms with E-state index in [9.17, 15) is 0 Å². The lowest BCUT2D eigenvalue weighted by molar-refractivity contribution is 0.590. The molecule has 338 valence electrons. The van der Waals surface area contributed by atoms with Gasteiger partial charge in [0.1, 0.15) is 0 Å². The number of hydrogen-bond donors (Lipinski definition) is 0. The summed E-state index contributed by atoms with van der Waals surface area (Å²) in [5.41, 5.74) is 17.7. The topological polar surface area (TPSA) is 6.48 Å². The lowest BCUT2D eigenvalue weighted by Gasteiger charge is -2.50. The van der Waals surface area contributed by atoms with Crippen LogP contribution in [0.2, 0.25) is 0 Å². The Bertz CT molecular complexity index is 4120. The third-order valence-electron chi connectivity index (χ3n) is 16.4. The van der Waals surface area contributed by atoms with Gasteiger partial charge < -0.3 is 9.80 Å². The van der Waals surface area contributed by atoms with Crippen LogP contribution in [0.25, 0.3) is 54.6 Å². The molecule has 0 bridgehead atoms. The van der Waals surface area contributed by atoms with Gasteiger partial charge in [-0.15, -0.1) is 0 Å². The largest absolute Gasteiger partial charge is 0.312 e. The van der Waals surface area contributed by atoms with Crippen molar-refractivity contribution in [3.63, 3.8) is 0 Å². The first-order valence-electron chi connectivity index (χ1n) is 25.5. The molecule has 0 saturated heterocycles. The SMILES string of the molecule is CC(C)(C)c1cccc(N2c3ccccc3B3c4cccc5c4N(c4ccccc4[Si]5(c4ccccc4)c4ccccc4)c4cc(-c5ccc6ccc7c(-c8ccccc8)ccc8ccc5c6c87)cc2c43)c1. The average Bonchev–Trinajstić information content (AvgIpc) is 3.43. The van der Waals surface area contributed by atoms with Crippen LogP contribution in [0.1, 0.15) is 26.3 Å². The lowest BCUT2D eigenvalue weighted by Crippen LogP contribution is -2.79. The highest BCUT2D eigenvalue weighted by Crippen LogP contribution is 2.49. The minimum absolute atomic E-state index is 0.00484. The Morgan fingerprint density at radius 3 is 1.58 bits per heavy atom. The maximum Gasteiger partial charge on any atom is 0.252 e. The van der Waals surface area contributed by atoms with E-state index in [1.54, 1.807) is 0 Å². The van der Waals surface area contributed by atoms with Crippen LogP contribution in [-0.4, -0.2) is 14.8 Å². The van der Waals surface area contributed by atoms with Gasteiger partial charge in [0.15, 0.2) is 8.07 Å². The second-order valence-corrected chi connectivity index (χ2v) is 24.9. The van der Waals surface area contributed by atoms with Crippen LogP contribution in [0, 0.1) is 0 Å². The molecule has 0 aromatic heterocycles. The van der Waals surface area contributed by atoms with E-state index in [1.807, 2.05) is 0 Å². The fourth-order valence-corrected chi connectivity index (χ4v) is 18.4. The first-order valence-corrected chi connectivity index (χ1v) is 27.5. The predicted octanol–water partition coefficient (Wildman–Crippen LogP) is 13.0. The number of fused-ring (bicyclic) bond motifs is 6. The van der Waals surface area contributed by atoms with Crippen molar-refractivity contribution in [3.05, 3.63) is 248 Å². The molecule has 0 amide bonds. The van der Waals surface area contributed by atoms with E-state index in [2.05, 4.69) is 273 Å². The summed E-state index contributed by atoms with van der Waals surface area (Å²) < 4.78 is 0. The van der Waals surface area contributed by atoms with Crippen molar-refractivity contribution in [2.45, 2.75) is 26.2 Å². The molecule has 0 spiro atoms. The van der Waals surface area contributed by atoms with Crippen LogP contribution < -0.4 is 46.9 Å². The van der Waals surface area contributed by atoms with E-state index in [1.165, 1.54) is 131 Å². The van der Waals surface area contributed by atoms with Crippen molar-refractivity contribution in [2.75, 3.05) is 9.80 Å². The first-order chi connectivity index (χ1) is 35.4. The fourth-order valence-electron chi connectivity index (χ4n) is 13.3. The summed E-state index contributed by atoms with van der Waals surface area (Å²) in [5, 5.41) is 13.4. The highest BCUT2D eigenvalue weighted by molar-refractivity contribution is 7.22. The van der Waals surface area contributed by atoms with E-state index in [0.717, 1.165) is 0 Å². The lowest BCUT2D eigenvalue weighted by atomic mass is 9.33. The van der Waals surface area contributed by atoms with E-state index in [4.69, 9.17) is 0 Å². The number of rotatable bonds is 5. The Labute approximate surface area is 422 Å². The van der Waals surface area contributed by atoms with Gasteiger partial charge in [0.2, 0.25) is 0 Å². The Balaban J connectivity index is 1.07. The molecular formula is C68H49BN2Si. The van der Waals surface area contributed by atoms with E-state index < -0.39 is 8.07 Å². The molecule has 12 aromatic rings. The maximum atomic E-state index is 2.69. The van der Waals surface area contributed by atoms with Crippen LogP contribution in [0.3, 0.4) is 0 Å². The normalized spacial score (nSPS) is 14.1. The molecule has 0 atom stereocenters. The second kappa shape index (κ2) is 15.3. The zero-order chi connectivity index (χ0) is 47.9. The molecule has 15 rings (SSSR count). The maximum absolute atomic E-state index is 2.91. The minimum Gasteiger partial charge on any atom is -0.312 e. The summed E-state index contributed by atoms with van der Waals surface area (Å²) in [6.07, 6.45) is 0. The van der Waals surface area contributed by atoms with Crippen molar-refractivity contribution in [1.29, 1.82) is 0 Å². The Hall–Kier alpha value is -8.44. The van der Waals surface area contributed by atoms with Crippen LogP contribution in [0.4, 0.5) is 34.1 Å². The van der Waals surface area contributed by atoms with Gasteiger partial charge in [0.25, 0.3) is 6.71 Å². The molecule has 0 unspecified atom stereocenters. The van der Waals surface area contributed by atoms with Gasteiger partial charge in [-0.25, -0.2) is 0 Å². The summed E-state index contributed by atoms with van der Waals surface area (Å²) in [6.45, 7) is 6.96. The smallest absolute Gasteiger partial charge is 0.252 e. The zero-order valence-corrected chi connectivity index (χ0v) is 41.6. The summed E-state index contributed by atoms with van der Waals surface area (Å²) in [5.74, 6) is 0. The van der Waals surface area contributed by atoms with Gasteiger partial charge in [0, 0.05) is 34.1 Å². The van der Waals surface area contributed by atoms with Crippen LogP contribution in [0.15, 0.2) is 243 Å². The van der Waals surface area contributed by atoms with Crippen molar-refractivity contribution in [3.8, 4) is 22.3 Å². The highest BCUT2D eigenvalue weighted by atomic mass is 28.3. The molecule has 3 aliphatic rings. The molecule has 0 N–H and O–H groups in total. The monoisotopic (exact) mass is 932 g/mol. The molecular weight excluding hydrogens is 884 g/mol. The van der Waals surface area contributed by atoms with Crippen molar-refractivity contribution in [1.82, 2.24) is 0 Å². The second-order valence-electron chi connectivity index (χ2n) is 21.1. The Kier molecular flexibility index (Phi) is 8.78. The number of benzene rings is 12. The van der Waals surface area contributed by atoms with Crippen molar-refractivity contribution >= 4 is 118 Å². The number of anilines is 6. The fraction of sp³-hybridized carbons (Fsp3) is 0.0588. The van der Waals surface area contributed by atoms with Gasteiger partial charge in [-0.2, -0.15) is 0 Å². The Morgan fingerprint density at radius 2 is 0.917 bits per heavy atom. The van der Waals surface area contributed by atoms with Gasteiger partial charge in [0.05, 0.1) is 0 Å². The predicted molar refractivity (Wildman–Crippen MR) is 311 cm³/mol. The van der Waals surface area contributed by atoms with E-state index in [0.29, 0.717) is 0 Å². The number of hydrogen-bond acceptors (Lipinski definition) is 2. The van der Waals surface area contributed by atoms with Gasteiger partial charge in [-0.3, -0.25) is 0 Å². The van der Waals surface area contributed by atoms with Crippen molar-refractivity contribution in [2.24, 2.45) is 0 Å². The average molecular weight is 933 g/mol. The van der Waals surface area contributed by atoms with E-state index >= 15 is 0 Å². The molecule has 72 heavy (non-hydrogen) atoms. The molecule has 3 heterocycles. The zero-order valence-electron chi connectivity index (χ0n) is 40.6. The number of nitrogens with zero attached hydrogens (tertiary/aromatic N) is 2. The molecule has 0 aliphatic carbocycles. The quantitative estimate of drug-likeness (QED) is 0.125. The summed E-state index contributed by atoms with van der Waals surface area (Å²) in [4.78, 5) is 5.28. The minimum atomic E-state index is -2.91. The number of para-hydroxylation sites is 3. The Morgan fingerprint density at radius 1 is 0.389 bits per heavy atom. The highest BCUT2D eigenvalue weighted by Gasteiger charge is 2.53.